The zero-order chi connectivity index (χ0) is 9.26. The van der Waals surface area contributed by atoms with Gasteiger partial charge in [-0.2, -0.15) is 0 Å². The van der Waals surface area contributed by atoms with E-state index in [-0.39, 0.29) is 0 Å². The molecule has 0 radical (unpaired) electrons. The van der Waals surface area contributed by atoms with Crippen LogP contribution in [-0.2, 0) is 5.33 Å². The van der Waals surface area contributed by atoms with Gasteiger partial charge in [0.1, 0.15) is 13.2 Å². The summed E-state index contributed by atoms with van der Waals surface area (Å²) >= 11 is 9.36. The van der Waals surface area contributed by atoms with Gasteiger partial charge < -0.3 is 9.47 Å². The van der Waals surface area contributed by atoms with Crippen molar-refractivity contribution in [3.63, 3.8) is 0 Å². The van der Waals surface area contributed by atoms with E-state index in [2.05, 4.69) is 15.9 Å². The van der Waals surface area contributed by atoms with Gasteiger partial charge in [0.05, 0.1) is 5.02 Å². The number of alkyl halides is 1. The van der Waals surface area contributed by atoms with Crippen molar-refractivity contribution in [2.24, 2.45) is 0 Å². The predicted octanol–water partition coefficient (Wildman–Crippen LogP) is 3.01. The summed E-state index contributed by atoms with van der Waals surface area (Å²) in [7, 11) is 0. The van der Waals surface area contributed by atoms with Gasteiger partial charge in [0.25, 0.3) is 0 Å². The SMILES string of the molecule is Clc1cc(CBr)cc2c1OCCO2. The average molecular weight is 264 g/mol. The summed E-state index contributed by atoms with van der Waals surface area (Å²) in [6.45, 7) is 1.16. The van der Waals surface area contributed by atoms with Crippen molar-refractivity contribution in [3.8, 4) is 11.5 Å². The van der Waals surface area contributed by atoms with Crippen LogP contribution >= 0.6 is 27.5 Å². The zero-order valence-corrected chi connectivity index (χ0v) is 9.19. The molecule has 0 atom stereocenters. The summed E-state index contributed by atoms with van der Waals surface area (Å²) in [6.07, 6.45) is 0. The highest BCUT2D eigenvalue weighted by molar-refractivity contribution is 9.08. The smallest absolute Gasteiger partial charge is 0.179 e. The number of halogens is 2. The zero-order valence-electron chi connectivity index (χ0n) is 6.85. The molecule has 0 amide bonds. The van der Waals surface area contributed by atoms with Gasteiger partial charge in [-0.15, -0.1) is 0 Å². The first-order valence-corrected chi connectivity index (χ1v) is 5.45. The van der Waals surface area contributed by atoms with E-state index in [1.165, 1.54) is 0 Å². The molecular weight excluding hydrogens is 255 g/mol. The molecule has 0 unspecified atom stereocenters. The molecule has 1 aliphatic heterocycles. The molecule has 0 bridgehead atoms. The van der Waals surface area contributed by atoms with E-state index in [0.717, 1.165) is 16.6 Å². The first kappa shape index (κ1) is 9.16. The minimum atomic E-state index is 0.570. The van der Waals surface area contributed by atoms with Gasteiger partial charge >= 0.3 is 0 Å². The maximum atomic E-state index is 6.00. The second-order valence-corrected chi connectivity index (χ2v) is 3.70. The van der Waals surface area contributed by atoms with Crippen molar-refractivity contribution in [1.29, 1.82) is 0 Å². The monoisotopic (exact) mass is 262 g/mol. The molecule has 0 aromatic heterocycles. The lowest BCUT2D eigenvalue weighted by Gasteiger charge is -2.19. The highest BCUT2D eigenvalue weighted by Gasteiger charge is 2.15. The topological polar surface area (TPSA) is 18.5 Å². The van der Waals surface area contributed by atoms with Gasteiger partial charge in [-0.1, -0.05) is 27.5 Å². The van der Waals surface area contributed by atoms with Crippen molar-refractivity contribution in [2.45, 2.75) is 5.33 Å². The van der Waals surface area contributed by atoms with Gasteiger partial charge in [-0.05, 0) is 17.7 Å². The lowest BCUT2D eigenvalue weighted by molar-refractivity contribution is 0.171. The minimum absolute atomic E-state index is 0.570. The lowest BCUT2D eigenvalue weighted by atomic mass is 10.2. The van der Waals surface area contributed by atoms with Crippen LogP contribution < -0.4 is 9.47 Å². The van der Waals surface area contributed by atoms with Gasteiger partial charge in [0.2, 0.25) is 0 Å². The standard InChI is InChI=1S/C9H8BrClO2/c10-5-6-3-7(11)9-8(4-6)12-1-2-13-9/h3-4H,1-2,5H2. The van der Waals surface area contributed by atoms with E-state index in [1.807, 2.05) is 12.1 Å². The number of rotatable bonds is 1. The number of benzene rings is 1. The Kier molecular flexibility index (Phi) is 2.65. The lowest BCUT2D eigenvalue weighted by Crippen LogP contribution is -2.15. The summed E-state index contributed by atoms with van der Waals surface area (Å²) in [5.74, 6) is 1.41. The van der Waals surface area contributed by atoms with Crippen molar-refractivity contribution >= 4 is 27.5 Å². The van der Waals surface area contributed by atoms with Crippen LogP contribution in [0.25, 0.3) is 0 Å². The predicted molar refractivity (Wildman–Crippen MR) is 55.1 cm³/mol. The molecule has 0 spiro atoms. The second-order valence-electron chi connectivity index (χ2n) is 2.74. The van der Waals surface area contributed by atoms with E-state index in [1.54, 1.807) is 0 Å². The van der Waals surface area contributed by atoms with E-state index in [4.69, 9.17) is 21.1 Å². The fourth-order valence-electron chi connectivity index (χ4n) is 1.24. The Morgan fingerprint density at radius 3 is 2.85 bits per heavy atom. The molecule has 1 aromatic carbocycles. The molecular formula is C9H8BrClO2. The molecule has 0 fully saturated rings. The Labute approximate surface area is 89.9 Å². The second kappa shape index (κ2) is 3.76. The van der Waals surface area contributed by atoms with Crippen molar-refractivity contribution in [1.82, 2.24) is 0 Å². The molecule has 4 heteroatoms. The average Bonchev–Trinajstić information content (AvgIpc) is 2.18. The molecule has 2 nitrogen and oxygen atoms in total. The van der Waals surface area contributed by atoms with Gasteiger partial charge in [0.15, 0.2) is 11.5 Å². The Morgan fingerprint density at radius 2 is 2.08 bits per heavy atom. The van der Waals surface area contributed by atoms with Gasteiger partial charge in [0, 0.05) is 5.33 Å². The Morgan fingerprint density at radius 1 is 1.31 bits per heavy atom. The van der Waals surface area contributed by atoms with Crippen molar-refractivity contribution < 1.29 is 9.47 Å². The maximum Gasteiger partial charge on any atom is 0.179 e. The third-order valence-electron chi connectivity index (χ3n) is 1.81. The highest BCUT2D eigenvalue weighted by atomic mass is 79.9. The van der Waals surface area contributed by atoms with Crippen LogP contribution in [0.4, 0.5) is 0 Å². The van der Waals surface area contributed by atoms with Crippen LogP contribution in [0.1, 0.15) is 5.56 Å². The third-order valence-corrected chi connectivity index (χ3v) is 2.74. The third kappa shape index (κ3) is 1.76. The number of hydrogen-bond acceptors (Lipinski definition) is 2. The van der Waals surface area contributed by atoms with Crippen molar-refractivity contribution in [2.75, 3.05) is 13.2 Å². The Hall–Kier alpha value is -0.410. The van der Waals surface area contributed by atoms with Crippen molar-refractivity contribution in [3.05, 3.63) is 22.7 Å². The molecule has 70 valence electrons. The fourth-order valence-corrected chi connectivity index (χ4v) is 1.85. The van der Waals surface area contributed by atoms with Gasteiger partial charge in [-0.25, -0.2) is 0 Å². The Bertz CT molecular complexity index is 328. The van der Waals surface area contributed by atoms with E-state index < -0.39 is 0 Å². The fraction of sp³-hybridized carbons (Fsp3) is 0.333. The van der Waals surface area contributed by atoms with Crippen LogP contribution in [0.15, 0.2) is 12.1 Å². The molecule has 0 aliphatic carbocycles. The quantitative estimate of drug-likeness (QED) is 0.725. The first-order valence-electron chi connectivity index (χ1n) is 3.95. The molecule has 1 aliphatic rings. The molecule has 13 heavy (non-hydrogen) atoms. The normalized spacial score (nSPS) is 14.3. The molecule has 0 N–H and O–H groups in total. The molecule has 2 rings (SSSR count). The largest absolute Gasteiger partial charge is 0.486 e. The summed E-state index contributed by atoms with van der Waals surface area (Å²) in [6, 6.07) is 3.82. The maximum absolute atomic E-state index is 6.00. The highest BCUT2D eigenvalue weighted by Crippen LogP contribution is 2.38. The summed E-state index contributed by atoms with van der Waals surface area (Å²) in [4.78, 5) is 0. The van der Waals surface area contributed by atoms with Gasteiger partial charge in [-0.3, -0.25) is 0 Å². The van der Waals surface area contributed by atoms with Crippen LogP contribution in [0.3, 0.4) is 0 Å². The first-order chi connectivity index (χ1) is 6.31. The number of fused-ring (bicyclic) bond motifs is 1. The number of ether oxygens (including phenoxy) is 2. The molecule has 1 aromatic rings. The van der Waals surface area contributed by atoms with Crippen LogP contribution in [-0.4, -0.2) is 13.2 Å². The van der Waals surface area contributed by atoms with E-state index in [0.29, 0.717) is 24.0 Å². The molecule has 0 saturated heterocycles. The van der Waals surface area contributed by atoms with E-state index >= 15 is 0 Å². The molecule has 1 heterocycles. The summed E-state index contributed by atoms with van der Waals surface area (Å²) < 4.78 is 10.8. The summed E-state index contributed by atoms with van der Waals surface area (Å²) in [5.41, 5.74) is 1.09. The van der Waals surface area contributed by atoms with Crippen LogP contribution in [0.2, 0.25) is 5.02 Å². The minimum Gasteiger partial charge on any atom is -0.486 e. The number of hydrogen-bond donors (Lipinski definition) is 0. The summed E-state index contributed by atoms with van der Waals surface area (Å²) in [5, 5.41) is 1.38. The van der Waals surface area contributed by atoms with Crippen LogP contribution in [0.5, 0.6) is 11.5 Å². The Balaban J connectivity index is 2.47. The van der Waals surface area contributed by atoms with Crippen LogP contribution in [0, 0.1) is 0 Å². The van der Waals surface area contributed by atoms with E-state index in [9.17, 15) is 0 Å². The molecule has 0 saturated carbocycles.